The number of nitrogens with two attached hydrogens (primary N) is 1. The number of H-pyrrole nitrogens is 1. The summed E-state index contributed by atoms with van der Waals surface area (Å²) in [6.45, 7) is 2.41. The van der Waals surface area contributed by atoms with E-state index in [0.717, 1.165) is 16.7 Å². The smallest absolute Gasteiger partial charge is 0.271 e. The zero-order valence-electron chi connectivity index (χ0n) is 17.9. The fraction of sp³-hybridized carbons (Fsp3) is 0.208. The summed E-state index contributed by atoms with van der Waals surface area (Å²) in [5.41, 5.74) is 10.5. The van der Waals surface area contributed by atoms with Crippen molar-refractivity contribution in [3.8, 4) is 0 Å². The molecule has 3 aromatic heterocycles. The van der Waals surface area contributed by atoms with E-state index in [9.17, 15) is 13.6 Å². The van der Waals surface area contributed by atoms with Crippen LogP contribution < -0.4 is 5.73 Å². The van der Waals surface area contributed by atoms with Gasteiger partial charge in [-0.3, -0.25) is 9.78 Å². The first kappa shape index (κ1) is 21.0. The van der Waals surface area contributed by atoms with Crippen molar-refractivity contribution in [3.05, 3.63) is 87.9 Å². The van der Waals surface area contributed by atoms with Gasteiger partial charge < -0.3 is 20.4 Å². The van der Waals surface area contributed by atoms with Gasteiger partial charge in [0, 0.05) is 22.9 Å². The van der Waals surface area contributed by atoms with E-state index >= 15 is 0 Å². The van der Waals surface area contributed by atoms with E-state index in [1.807, 2.05) is 13.0 Å². The average Bonchev–Trinajstić information content (AvgIpc) is 3.44. The van der Waals surface area contributed by atoms with Gasteiger partial charge in [0.15, 0.2) is 0 Å². The first-order valence-electron chi connectivity index (χ1n) is 10.4. The van der Waals surface area contributed by atoms with E-state index in [0.29, 0.717) is 35.8 Å². The van der Waals surface area contributed by atoms with Gasteiger partial charge >= 0.3 is 0 Å². The number of carbonyl (C=O) groups is 1. The highest BCUT2D eigenvalue weighted by molar-refractivity contribution is 5.98. The van der Waals surface area contributed by atoms with Crippen LogP contribution in [0.1, 0.15) is 38.4 Å². The van der Waals surface area contributed by atoms with Gasteiger partial charge in [0.2, 0.25) is 0 Å². The standard InChI is InChI=1S/C24H21F2N5O2/c1-13-4-3-7-28-21(13)10-31(9-14-17(25)5-2-6-18(14)26)24(32)20-8-19-22(29-20)15-11-33-12-16(15)23(27)30-19/h2-8,29H,9-12H2,1H3,(H2,27,30). The summed E-state index contributed by atoms with van der Waals surface area (Å²) in [5.74, 6) is -1.51. The fourth-order valence-electron chi connectivity index (χ4n) is 4.06. The third kappa shape index (κ3) is 3.80. The van der Waals surface area contributed by atoms with Crippen molar-refractivity contribution in [2.45, 2.75) is 33.2 Å². The second kappa shape index (κ2) is 8.25. The van der Waals surface area contributed by atoms with Crippen molar-refractivity contribution in [1.82, 2.24) is 19.9 Å². The van der Waals surface area contributed by atoms with Crippen LogP contribution in [0.15, 0.2) is 42.6 Å². The molecule has 0 bridgehead atoms. The number of pyridine rings is 2. The van der Waals surface area contributed by atoms with Crippen LogP contribution in [0.25, 0.3) is 11.0 Å². The molecule has 0 saturated heterocycles. The Labute approximate surface area is 188 Å². The zero-order chi connectivity index (χ0) is 23.1. The lowest BCUT2D eigenvalue weighted by Crippen LogP contribution is -2.31. The number of aromatic nitrogens is 3. The number of hydrogen-bond donors (Lipinski definition) is 2. The number of nitrogens with zero attached hydrogens (tertiary/aromatic N) is 3. The lowest BCUT2D eigenvalue weighted by atomic mass is 10.1. The highest BCUT2D eigenvalue weighted by Crippen LogP contribution is 2.31. The topological polar surface area (TPSA) is 97.1 Å². The number of hydrogen-bond acceptors (Lipinski definition) is 5. The average molecular weight is 449 g/mol. The molecule has 0 saturated carbocycles. The summed E-state index contributed by atoms with van der Waals surface area (Å²) < 4.78 is 34.3. The van der Waals surface area contributed by atoms with Gasteiger partial charge in [0.05, 0.1) is 43.0 Å². The van der Waals surface area contributed by atoms with Crippen LogP contribution in [-0.4, -0.2) is 25.8 Å². The Hall–Kier alpha value is -3.85. The summed E-state index contributed by atoms with van der Waals surface area (Å²) in [4.78, 5) is 26.8. The van der Waals surface area contributed by atoms with Gasteiger partial charge in [-0.15, -0.1) is 0 Å². The monoisotopic (exact) mass is 449 g/mol. The maximum Gasteiger partial charge on any atom is 0.271 e. The van der Waals surface area contributed by atoms with Crippen LogP contribution in [0.2, 0.25) is 0 Å². The van der Waals surface area contributed by atoms with Crippen LogP contribution in [0.4, 0.5) is 14.6 Å². The van der Waals surface area contributed by atoms with Crippen molar-refractivity contribution in [1.29, 1.82) is 0 Å². The first-order chi connectivity index (χ1) is 15.9. The maximum atomic E-state index is 14.4. The fourth-order valence-corrected chi connectivity index (χ4v) is 4.06. The molecule has 0 spiro atoms. The predicted octanol–water partition coefficient (Wildman–Crippen LogP) is 4.00. The van der Waals surface area contributed by atoms with Crippen molar-refractivity contribution >= 4 is 22.8 Å². The van der Waals surface area contributed by atoms with E-state index in [-0.39, 0.29) is 24.3 Å². The summed E-state index contributed by atoms with van der Waals surface area (Å²) in [5, 5.41) is 0. The van der Waals surface area contributed by atoms with Gasteiger partial charge in [0.1, 0.15) is 23.1 Å². The van der Waals surface area contributed by atoms with Gasteiger partial charge in [-0.1, -0.05) is 12.1 Å². The molecule has 0 unspecified atom stereocenters. The largest absolute Gasteiger partial charge is 0.383 e. The number of rotatable bonds is 5. The number of nitrogens with one attached hydrogen (secondary N) is 1. The molecule has 1 aromatic carbocycles. The number of nitrogen functional groups attached to an aromatic ring is 1. The minimum Gasteiger partial charge on any atom is -0.383 e. The predicted molar refractivity (Wildman–Crippen MR) is 118 cm³/mol. The Bertz CT molecular complexity index is 1360. The maximum absolute atomic E-state index is 14.4. The van der Waals surface area contributed by atoms with Crippen LogP contribution >= 0.6 is 0 Å². The molecular weight excluding hydrogens is 428 g/mol. The highest BCUT2D eigenvalue weighted by Gasteiger charge is 2.26. The number of halogens is 2. The van der Waals surface area contributed by atoms with E-state index < -0.39 is 17.5 Å². The second-order valence-electron chi connectivity index (χ2n) is 8.02. The lowest BCUT2D eigenvalue weighted by molar-refractivity contribution is 0.0719. The normalized spacial score (nSPS) is 12.8. The number of aryl methyl sites for hydroxylation is 1. The third-order valence-corrected chi connectivity index (χ3v) is 5.89. The quantitative estimate of drug-likeness (QED) is 0.480. The molecule has 0 atom stereocenters. The molecule has 4 heterocycles. The minimum absolute atomic E-state index is 0.0748. The molecule has 3 N–H and O–H groups in total. The Balaban J connectivity index is 1.55. The number of amides is 1. The molecule has 0 aliphatic carbocycles. The second-order valence-corrected chi connectivity index (χ2v) is 8.02. The molecule has 0 fully saturated rings. The molecule has 1 aliphatic heterocycles. The van der Waals surface area contributed by atoms with Crippen LogP contribution in [-0.2, 0) is 31.0 Å². The number of aromatic amines is 1. The van der Waals surface area contributed by atoms with Crippen LogP contribution in [0.3, 0.4) is 0 Å². The Morgan fingerprint density at radius 3 is 2.67 bits per heavy atom. The van der Waals surface area contributed by atoms with E-state index in [1.54, 1.807) is 18.3 Å². The van der Waals surface area contributed by atoms with Crippen molar-refractivity contribution < 1.29 is 18.3 Å². The summed E-state index contributed by atoms with van der Waals surface area (Å²) in [6.07, 6.45) is 1.62. The first-order valence-corrected chi connectivity index (χ1v) is 10.4. The SMILES string of the molecule is Cc1cccnc1CN(Cc1c(F)cccc1F)C(=O)c1cc2nc(N)c3c(c2[nH]1)COC3. The highest BCUT2D eigenvalue weighted by atomic mass is 19.1. The summed E-state index contributed by atoms with van der Waals surface area (Å²) in [6, 6.07) is 8.89. The van der Waals surface area contributed by atoms with E-state index in [4.69, 9.17) is 10.5 Å². The molecular formula is C24H21F2N5O2. The lowest BCUT2D eigenvalue weighted by Gasteiger charge is -2.23. The molecule has 168 valence electrons. The minimum atomic E-state index is -0.716. The number of ether oxygens (including phenoxy) is 1. The molecule has 9 heteroatoms. The number of carbonyl (C=O) groups excluding carboxylic acids is 1. The molecule has 1 aliphatic rings. The van der Waals surface area contributed by atoms with Gasteiger partial charge in [-0.25, -0.2) is 13.8 Å². The third-order valence-electron chi connectivity index (χ3n) is 5.89. The molecule has 7 nitrogen and oxygen atoms in total. The Morgan fingerprint density at radius 2 is 1.91 bits per heavy atom. The number of anilines is 1. The molecule has 0 radical (unpaired) electrons. The van der Waals surface area contributed by atoms with Gasteiger partial charge in [-0.2, -0.15) is 0 Å². The van der Waals surface area contributed by atoms with Crippen LogP contribution in [0.5, 0.6) is 0 Å². The van der Waals surface area contributed by atoms with E-state index in [2.05, 4.69) is 15.0 Å². The summed E-state index contributed by atoms with van der Waals surface area (Å²) >= 11 is 0. The van der Waals surface area contributed by atoms with Crippen molar-refractivity contribution in [2.24, 2.45) is 0 Å². The number of fused-ring (bicyclic) bond motifs is 3. The molecule has 4 aromatic rings. The van der Waals surface area contributed by atoms with Crippen LogP contribution in [0, 0.1) is 18.6 Å². The van der Waals surface area contributed by atoms with Gasteiger partial charge in [0.25, 0.3) is 5.91 Å². The Morgan fingerprint density at radius 1 is 1.15 bits per heavy atom. The van der Waals surface area contributed by atoms with Crippen molar-refractivity contribution in [2.75, 3.05) is 5.73 Å². The molecule has 1 amide bonds. The zero-order valence-corrected chi connectivity index (χ0v) is 17.9. The molecule has 33 heavy (non-hydrogen) atoms. The Kier molecular flexibility index (Phi) is 5.26. The van der Waals surface area contributed by atoms with Crippen molar-refractivity contribution in [3.63, 3.8) is 0 Å². The van der Waals surface area contributed by atoms with Gasteiger partial charge in [-0.05, 0) is 36.8 Å². The summed E-state index contributed by atoms with van der Waals surface area (Å²) in [7, 11) is 0. The molecule has 5 rings (SSSR count). The number of benzene rings is 1. The van der Waals surface area contributed by atoms with E-state index in [1.165, 1.54) is 23.1 Å².